The molecule has 0 unspecified atom stereocenters. The zero-order valence-electron chi connectivity index (χ0n) is 11.5. The van der Waals surface area contributed by atoms with Gasteiger partial charge in [-0.25, -0.2) is 0 Å². The van der Waals surface area contributed by atoms with Crippen molar-refractivity contribution in [3.8, 4) is 0 Å². The van der Waals surface area contributed by atoms with Crippen LogP contribution >= 0.6 is 0 Å². The van der Waals surface area contributed by atoms with E-state index < -0.39 is 0 Å². The van der Waals surface area contributed by atoms with Gasteiger partial charge in [0.1, 0.15) is 0 Å². The van der Waals surface area contributed by atoms with Gasteiger partial charge in [-0.1, -0.05) is 70.8 Å². The van der Waals surface area contributed by atoms with Gasteiger partial charge in [0.2, 0.25) is 0 Å². The first kappa shape index (κ1) is 21.0. The van der Waals surface area contributed by atoms with Crippen LogP contribution in [0.25, 0.3) is 0 Å². The Morgan fingerprint density at radius 2 is 1.06 bits per heavy atom. The summed E-state index contributed by atoms with van der Waals surface area (Å²) in [7, 11) is 0. The number of allylic oxidation sites excluding steroid dienone is 1. The summed E-state index contributed by atoms with van der Waals surface area (Å²) in [5.74, 6) is 0. The zero-order valence-corrected chi connectivity index (χ0v) is 11.5. The first-order chi connectivity index (χ1) is 6.91. The minimum Gasteiger partial charge on any atom is -0.344 e. The van der Waals surface area contributed by atoms with Gasteiger partial charge in [0, 0.05) is 0 Å². The van der Waals surface area contributed by atoms with E-state index >= 15 is 0 Å². The Morgan fingerprint density at radius 3 is 1.44 bits per heavy atom. The van der Waals surface area contributed by atoms with Crippen LogP contribution in [0.15, 0.2) is 12.7 Å². The fraction of sp³-hybridized carbons (Fsp3) is 0.857. The van der Waals surface area contributed by atoms with Crippen molar-refractivity contribution in [1.29, 1.82) is 0 Å². The highest BCUT2D eigenvalue weighted by molar-refractivity contribution is 4.65. The molecular formula is C14H34N2. The maximum Gasteiger partial charge on any atom is -0.0353 e. The van der Waals surface area contributed by atoms with Gasteiger partial charge >= 0.3 is 0 Å². The van der Waals surface area contributed by atoms with Crippen molar-refractivity contribution in [2.24, 2.45) is 0 Å². The largest absolute Gasteiger partial charge is 0.344 e. The molecule has 0 radical (unpaired) electrons. The van der Waals surface area contributed by atoms with E-state index in [1.807, 2.05) is 6.08 Å². The Hall–Kier alpha value is -0.340. The van der Waals surface area contributed by atoms with E-state index in [-0.39, 0.29) is 12.3 Å². The van der Waals surface area contributed by atoms with E-state index in [2.05, 4.69) is 13.5 Å². The molecule has 0 fully saturated rings. The number of unbranched alkanes of at least 4 members (excludes halogenated alkanes) is 10. The van der Waals surface area contributed by atoms with E-state index in [0.717, 1.165) is 0 Å². The molecule has 0 saturated heterocycles. The second kappa shape index (κ2) is 20.1. The Labute approximate surface area is 103 Å². The lowest BCUT2D eigenvalue weighted by Gasteiger charge is -2.00. The van der Waals surface area contributed by atoms with E-state index in [9.17, 15) is 0 Å². The number of rotatable bonds is 11. The predicted octanol–water partition coefficient (Wildman–Crippen LogP) is 5.81. The van der Waals surface area contributed by atoms with Crippen molar-refractivity contribution in [3.05, 3.63) is 12.7 Å². The van der Waals surface area contributed by atoms with Gasteiger partial charge in [-0.05, 0) is 12.8 Å². The van der Waals surface area contributed by atoms with Crippen LogP contribution in [0.3, 0.4) is 0 Å². The lowest BCUT2D eigenvalue weighted by atomic mass is 10.1. The zero-order chi connectivity index (χ0) is 10.5. The molecule has 0 aromatic carbocycles. The van der Waals surface area contributed by atoms with Crippen LogP contribution in [0.4, 0.5) is 0 Å². The average Bonchev–Trinajstić information content (AvgIpc) is 2.21. The lowest BCUT2D eigenvalue weighted by molar-refractivity contribution is 0.558. The molecule has 16 heavy (non-hydrogen) atoms. The van der Waals surface area contributed by atoms with E-state index in [4.69, 9.17) is 0 Å². The molecule has 2 heteroatoms. The van der Waals surface area contributed by atoms with Crippen molar-refractivity contribution >= 4 is 0 Å². The Balaban J connectivity index is -0.000000845. The summed E-state index contributed by atoms with van der Waals surface area (Å²) in [6, 6.07) is 0. The summed E-state index contributed by atoms with van der Waals surface area (Å²) in [5.41, 5.74) is 0. The van der Waals surface area contributed by atoms with Crippen LogP contribution in [-0.2, 0) is 0 Å². The number of hydrogen-bond acceptors (Lipinski definition) is 2. The fourth-order valence-electron chi connectivity index (χ4n) is 1.78. The van der Waals surface area contributed by atoms with Crippen LogP contribution in [0, 0.1) is 0 Å². The molecule has 0 aromatic heterocycles. The molecule has 0 aliphatic heterocycles. The van der Waals surface area contributed by atoms with Gasteiger partial charge in [-0.15, -0.1) is 6.58 Å². The van der Waals surface area contributed by atoms with E-state index in [0.29, 0.717) is 0 Å². The highest BCUT2D eigenvalue weighted by atomic mass is 14.0. The molecule has 2 nitrogen and oxygen atoms in total. The van der Waals surface area contributed by atoms with Crippen molar-refractivity contribution in [2.75, 3.05) is 0 Å². The summed E-state index contributed by atoms with van der Waals surface area (Å²) in [4.78, 5) is 0. The Kier molecular flexibility index (Phi) is 26.4. The minimum atomic E-state index is 0. The molecule has 0 rings (SSSR count). The molecule has 0 spiro atoms. The quantitative estimate of drug-likeness (QED) is 0.347. The normalized spacial score (nSPS) is 9.06. The summed E-state index contributed by atoms with van der Waals surface area (Å²) in [6.45, 7) is 6.01. The van der Waals surface area contributed by atoms with Gasteiger partial charge < -0.3 is 12.3 Å². The highest BCUT2D eigenvalue weighted by Gasteiger charge is 1.91. The summed E-state index contributed by atoms with van der Waals surface area (Å²) < 4.78 is 0. The second-order valence-corrected chi connectivity index (χ2v) is 4.26. The third-order valence-electron chi connectivity index (χ3n) is 2.76. The number of hydrogen-bond donors (Lipinski definition) is 2. The summed E-state index contributed by atoms with van der Waals surface area (Å²) in [5, 5.41) is 0. The van der Waals surface area contributed by atoms with Crippen LogP contribution < -0.4 is 12.3 Å². The molecule has 0 heterocycles. The lowest BCUT2D eigenvalue weighted by Crippen LogP contribution is -1.81. The molecule has 0 aliphatic rings. The van der Waals surface area contributed by atoms with E-state index in [1.165, 1.54) is 70.6 Å². The third kappa shape index (κ3) is 19.3. The Morgan fingerprint density at radius 1 is 0.688 bits per heavy atom. The van der Waals surface area contributed by atoms with E-state index in [1.54, 1.807) is 0 Å². The SMILES string of the molecule is C=CCCCCCCCCCCCC.N.N. The maximum absolute atomic E-state index is 3.74. The van der Waals surface area contributed by atoms with Gasteiger partial charge in [-0.2, -0.15) is 0 Å². The van der Waals surface area contributed by atoms with Gasteiger partial charge in [0.25, 0.3) is 0 Å². The molecule has 0 aromatic rings. The molecule has 6 N–H and O–H groups in total. The molecule has 0 aliphatic carbocycles. The summed E-state index contributed by atoms with van der Waals surface area (Å²) >= 11 is 0. The molecule has 100 valence electrons. The van der Waals surface area contributed by atoms with Crippen molar-refractivity contribution in [3.63, 3.8) is 0 Å². The van der Waals surface area contributed by atoms with Crippen molar-refractivity contribution in [1.82, 2.24) is 12.3 Å². The Bertz CT molecular complexity index is 113. The average molecular weight is 230 g/mol. The molecule has 0 saturated carbocycles. The highest BCUT2D eigenvalue weighted by Crippen LogP contribution is 2.11. The topological polar surface area (TPSA) is 70.0 Å². The van der Waals surface area contributed by atoms with Crippen LogP contribution in [0.1, 0.15) is 77.6 Å². The summed E-state index contributed by atoms with van der Waals surface area (Å²) in [6.07, 6.45) is 17.5. The van der Waals surface area contributed by atoms with Crippen molar-refractivity contribution in [2.45, 2.75) is 77.6 Å². The van der Waals surface area contributed by atoms with Crippen molar-refractivity contribution < 1.29 is 0 Å². The maximum atomic E-state index is 3.74. The molecular weight excluding hydrogens is 196 g/mol. The monoisotopic (exact) mass is 230 g/mol. The van der Waals surface area contributed by atoms with Crippen LogP contribution in [0.5, 0.6) is 0 Å². The first-order valence-corrected chi connectivity index (χ1v) is 6.52. The molecule has 0 bridgehead atoms. The smallest absolute Gasteiger partial charge is 0.0353 e. The predicted molar refractivity (Wildman–Crippen MR) is 76.7 cm³/mol. The van der Waals surface area contributed by atoms with Gasteiger partial charge in [0.15, 0.2) is 0 Å². The standard InChI is InChI=1S/C14H28.2H3N/c1-3-5-7-9-11-13-14-12-10-8-6-4-2;;/h3H,1,4-14H2,2H3;2*1H3. The van der Waals surface area contributed by atoms with Crippen LogP contribution in [0.2, 0.25) is 0 Å². The minimum absolute atomic E-state index is 0. The van der Waals surface area contributed by atoms with Crippen LogP contribution in [-0.4, -0.2) is 0 Å². The van der Waals surface area contributed by atoms with Gasteiger partial charge in [0.05, 0.1) is 0 Å². The van der Waals surface area contributed by atoms with Gasteiger partial charge in [-0.3, -0.25) is 0 Å². The third-order valence-corrected chi connectivity index (χ3v) is 2.76. The molecule has 0 atom stereocenters. The molecule has 0 amide bonds. The fourth-order valence-corrected chi connectivity index (χ4v) is 1.78. The second-order valence-electron chi connectivity index (χ2n) is 4.26. The first-order valence-electron chi connectivity index (χ1n) is 6.52.